The van der Waals surface area contributed by atoms with E-state index in [2.05, 4.69) is 9.97 Å². The minimum atomic E-state index is -0.641. The molecule has 36 heavy (non-hydrogen) atoms. The Morgan fingerprint density at radius 3 is 2.61 bits per heavy atom. The highest BCUT2D eigenvalue weighted by Gasteiger charge is 2.30. The third kappa shape index (κ3) is 4.51. The van der Waals surface area contributed by atoms with Crippen molar-refractivity contribution in [2.75, 3.05) is 13.1 Å². The van der Waals surface area contributed by atoms with Crippen molar-refractivity contribution in [2.24, 2.45) is 0 Å². The predicted octanol–water partition coefficient (Wildman–Crippen LogP) is 3.25. The van der Waals surface area contributed by atoms with Gasteiger partial charge in [0.1, 0.15) is 16.9 Å². The average Bonchev–Trinajstić information content (AvgIpc) is 3.48. The molecule has 1 saturated heterocycles. The number of thiazole rings is 1. The maximum atomic E-state index is 13.3. The van der Waals surface area contributed by atoms with Gasteiger partial charge in [0, 0.05) is 43.0 Å². The average molecular weight is 512 g/mol. The number of nitrogens with zero attached hydrogens (tertiary/aromatic N) is 5. The van der Waals surface area contributed by atoms with Crippen LogP contribution in [0.2, 0.25) is 0 Å². The highest BCUT2D eigenvalue weighted by atomic mass is 32.1. The van der Waals surface area contributed by atoms with Crippen molar-refractivity contribution in [1.29, 1.82) is 0 Å². The van der Waals surface area contributed by atoms with Gasteiger partial charge >= 0.3 is 5.56 Å². The summed E-state index contributed by atoms with van der Waals surface area (Å²) < 4.78 is 21.8. The first-order valence-electron chi connectivity index (χ1n) is 11.7. The summed E-state index contributed by atoms with van der Waals surface area (Å²) in [4.78, 5) is 37.8. The molecule has 3 aromatic heterocycles. The zero-order chi connectivity index (χ0) is 25.6. The number of aromatic hydroxyl groups is 1. The van der Waals surface area contributed by atoms with Crippen molar-refractivity contribution in [3.63, 3.8) is 0 Å². The number of aromatic nitrogens is 4. The minimum absolute atomic E-state index is 0.0589. The molecule has 4 heterocycles. The number of halogens is 1. The molecule has 1 aromatic carbocycles. The van der Waals surface area contributed by atoms with Gasteiger partial charge in [-0.2, -0.15) is 0 Å². The Hall–Kier alpha value is -3.57. The van der Waals surface area contributed by atoms with E-state index in [0.717, 1.165) is 10.4 Å². The van der Waals surface area contributed by atoms with Gasteiger partial charge in [-0.15, -0.1) is 11.3 Å². The molecule has 188 valence electrons. The second-order valence-corrected chi connectivity index (χ2v) is 10.2. The van der Waals surface area contributed by atoms with Crippen molar-refractivity contribution >= 4 is 23.0 Å². The molecule has 1 N–H and O–H groups in total. The van der Waals surface area contributed by atoms with Crippen LogP contribution in [0.3, 0.4) is 0 Å². The first kappa shape index (κ1) is 24.1. The zero-order valence-electron chi connectivity index (χ0n) is 20.1. The summed E-state index contributed by atoms with van der Waals surface area (Å²) in [6, 6.07) is 5.57. The van der Waals surface area contributed by atoms with E-state index in [1.807, 2.05) is 13.8 Å². The molecular formula is C25H26FN5O4S. The largest absolute Gasteiger partial charge is 0.501 e. The summed E-state index contributed by atoms with van der Waals surface area (Å²) in [5.74, 6) is -0.684. The molecule has 1 fully saturated rings. The van der Waals surface area contributed by atoms with E-state index in [0.29, 0.717) is 24.5 Å². The topological polar surface area (TPSA) is 102 Å². The summed E-state index contributed by atoms with van der Waals surface area (Å²) in [7, 11) is 0. The van der Waals surface area contributed by atoms with E-state index < -0.39 is 17.4 Å². The van der Waals surface area contributed by atoms with Gasteiger partial charge in [-0.25, -0.2) is 18.8 Å². The van der Waals surface area contributed by atoms with Gasteiger partial charge < -0.3 is 19.3 Å². The fourth-order valence-corrected chi connectivity index (χ4v) is 5.47. The molecule has 9 nitrogen and oxygen atoms in total. The first-order chi connectivity index (χ1) is 17.2. The molecule has 0 bridgehead atoms. The van der Waals surface area contributed by atoms with Gasteiger partial charge in [0.25, 0.3) is 0 Å². The number of benzene rings is 1. The third-order valence-electron chi connectivity index (χ3n) is 6.23. The lowest BCUT2D eigenvalue weighted by atomic mass is 10.1. The summed E-state index contributed by atoms with van der Waals surface area (Å²) >= 11 is 1.29. The maximum Gasteiger partial charge on any atom is 0.302 e. The lowest BCUT2D eigenvalue weighted by molar-refractivity contribution is -0.146. The molecule has 0 aliphatic carbocycles. The highest BCUT2D eigenvalue weighted by molar-refractivity contribution is 7.15. The van der Waals surface area contributed by atoms with Gasteiger partial charge in [0.2, 0.25) is 17.4 Å². The zero-order valence-corrected chi connectivity index (χ0v) is 20.9. The normalized spacial score (nSPS) is 19.1. The van der Waals surface area contributed by atoms with Crippen LogP contribution < -0.4 is 5.56 Å². The maximum absolute atomic E-state index is 13.3. The Balaban J connectivity index is 1.47. The molecule has 5 rings (SSSR count). The van der Waals surface area contributed by atoms with Crippen LogP contribution in [-0.4, -0.2) is 60.1 Å². The lowest BCUT2D eigenvalue weighted by Gasteiger charge is -2.36. The summed E-state index contributed by atoms with van der Waals surface area (Å²) in [6.45, 7) is 6.60. The Morgan fingerprint density at radius 2 is 1.92 bits per heavy atom. The van der Waals surface area contributed by atoms with Crippen molar-refractivity contribution < 1.29 is 19.0 Å². The molecule has 4 aromatic rings. The molecule has 0 spiro atoms. The monoisotopic (exact) mass is 511 g/mol. The molecular weight excluding hydrogens is 485 g/mol. The number of imidazole rings is 1. The standard InChI is InChI=1S/C25H26FN5O4S/c1-14-12-29(13-15(2)35-14)23(33)16(3)30-8-9-31-24(34)21(32)20(28-25(30)31)22-27-11-19(36-22)10-17-4-6-18(26)7-5-17/h4-9,11,14-16,32H,10,12-13H2,1-3H3. The molecule has 3 atom stereocenters. The van der Waals surface area contributed by atoms with Gasteiger partial charge in [-0.1, -0.05) is 12.1 Å². The first-order valence-corrected chi connectivity index (χ1v) is 12.5. The smallest absolute Gasteiger partial charge is 0.302 e. The van der Waals surface area contributed by atoms with E-state index in [1.54, 1.807) is 40.9 Å². The van der Waals surface area contributed by atoms with Crippen molar-refractivity contribution in [2.45, 2.75) is 45.4 Å². The van der Waals surface area contributed by atoms with Gasteiger partial charge in [0.05, 0.1) is 12.2 Å². The number of carbonyl (C=O) groups excluding carboxylic acids is 1. The number of ether oxygens (including phenoxy) is 1. The van der Waals surface area contributed by atoms with Gasteiger partial charge in [0.15, 0.2) is 5.69 Å². The van der Waals surface area contributed by atoms with E-state index in [-0.39, 0.29) is 35.4 Å². The van der Waals surface area contributed by atoms with Crippen molar-refractivity contribution in [1.82, 2.24) is 23.8 Å². The van der Waals surface area contributed by atoms with Crippen LogP contribution in [0.1, 0.15) is 37.3 Å². The number of hydrogen-bond acceptors (Lipinski definition) is 7. The van der Waals surface area contributed by atoms with Crippen LogP contribution in [0, 0.1) is 5.82 Å². The molecule has 1 aliphatic rings. The van der Waals surface area contributed by atoms with Crippen LogP contribution in [0.25, 0.3) is 16.5 Å². The molecule has 3 unspecified atom stereocenters. The second kappa shape index (κ2) is 9.47. The lowest BCUT2D eigenvalue weighted by Crippen LogP contribution is -2.50. The molecule has 1 aliphatic heterocycles. The van der Waals surface area contributed by atoms with E-state index in [4.69, 9.17) is 4.74 Å². The van der Waals surface area contributed by atoms with Crippen molar-refractivity contribution in [3.05, 3.63) is 69.5 Å². The Bertz CT molecular complexity index is 1470. The van der Waals surface area contributed by atoms with Crippen LogP contribution in [0.5, 0.6) is 5.75 Å². The van der Waals surface area contributed by atoms with Crippen molar-refractivity contribution in [3.8, 4) is 16.5 Å². The summed E-state index contributed by atoms with van der Waals surface area (Å²) in [5.41, 5.74) is 0.327. The fourth-order valence-electron chi connectivity index (χ4n) is 4.53. The number of fused-ring (bicyclic) bond motifs is 1. The van der Waals surface area contributed by atoms with Crippen LogP contribution in [0.15, 0.2) is 47.7 Å². The minimum Gasteiger partial charge on any atom is -0.501 e. The SMILES string of the molecule is CC1CN(C(=O)C(C)n2ccn3c(=O)c(O)c(-c4ncc(Cc5ccc(F)cc5)s4)nc23)CC(C)O1. The van der Waals surface area contributed by atoms with Crippen LogP contribution in [-0.2, 0) is 16.0 Å². The number of amides is 1. The number of carbonyl (C=O) groups is 1. The Morgan fingerprint density at radius 1 is 1.22 bits per heavy atom. The van der Waals surface area contributed by atoms with E-state index >= 15 is 0 Å². The summed E-state index contributed by atoms with van der Waals surface area (Å²) in [6.07, 6.45) is 5.15. The second-order valence-electron chi connectivity index (χ2n) is 9.10. The molecule has 0 radical (unpaired) electrons. The fraction of sp³-hybridized carbons (Fsp3) is 0.360. The summed E-state index contributed by atoms with van der Waals surface area (Å²) in [5, 5.41) is 11.0. The van der Waals surface area contributed by atoms with Crippen LogP contribution >= 0.6 is 11.3 Å². The van der Waals surface area contributed by atoms with E-state index in [9.17, 15) is 19.1 Å². The molecule has 1 amide bonds. The quantitative estimate of drug-likeness (QED) is 0.441. The van der Waals surface area contributed by atoms with Gasteiger partial charge in [-0.05, 0) is 38.5 Å². The number of morpholine rings is 1. The molecule has 11 heteroatoms. The third-order valence-corrected chi connectivity index (χ3v) is 7.24. The number of rotatable bonds is 5. The molecule has 0 saturated carbocycles. The number of hydrogen-bond donors (Lipinski definition) is 1. The van der Waals surface area contributed by atoms with Gasteiger partial charge in [-0.3, -0.25) is 9.59 Å². The Kier molecular flexibility index (Phi) is 6.35. The van der Waals surface area contributed by atoms with E-state index in [1.165, 1.54) is 34.1 Å². The highest BCUT2D eigenvalue weighted by Crippen LogP contribution is 2.30. The van der Waals surface area contributed by atoms with Crippen LogP contribution in [0.4, 0.5) is 4.39 Å². The predicted molar refractivity (Wildman–Crippen MR) is 133 cm³/mol. The Labute approximate surface area is 210 Å².